The van der Waals surface area contributed by atoms with E-state index < -0.39 is 11.9 Å². The van der Waals surface area contributed by atoms with Gasteiger partial charge in [-0.25, -0.2) is 4.39 Å². The fourth-order valence-electron chi connectivity index (χ4n) is 1.54. The molecular weight excluding hydrogens is 406 g/mol. The molecule has 2 rings (SSSR count). The van der Waals surface area contributed by atoms with Crippen LogP contribution in [0, 0.1) is 5.82 Å². The van der Waals surface area contributed by atoms with Gasteiger partial charge in [-0.1, -0.05) is 23.7 Å². The number of hydrogen-bond donors (Lipinski definition) is 1. The van der Waals surface area contributed by atoms with Crippen LogP contribution >= 0.6 is 54.8 Å². The van der Waals surface area contributed by atoms with Crippen LogP contribution in [0.5, 0.6) is 0 Å². The molecule has 0 fully saturated rings. The SMILES string of the molecule is OC(Cc1cccc(F)c1Cl)c1cc(Br)c(Br)s1. The quantitative estimate of drug-likeness (QED) is 0.719. The Morgan fingerprint density at radius 3 is 2.72 bits per heavy atom. The normalized spacial score (nSPS) is 12.7. The van der Waals surface area contributed by atoms with Crippen LogP contribution in [0.4, 0.5) is 4.39 Å². The molecule has 0 aliphatic heterocycles. The van der Waals surface area contributed by atoms with Gasteiger partial charge in [0.15, 0.2) is 0 Å². The number of aliphatic hydroxyl groups excluding tert-OH is 1. The zero-order valence-electron chi connectivity index (χ0n) is 8.96. The maximum Gasteiger partial charge on any atom is 0.142 e. The topological polar surface area (TPSA) is 20.2 Å². The van der Waals surface area contributed by atoms with E-state index in [-0.39, 0.29) is 11.4 Å². The monoisotopic (exact) mass is 412 g/mol. The molecule has 1 aromatic heterocycles. The van der Waals surface area contributed by atoms with E-state index in [1.165, 1.54) is 17.4 Å². The van der Waals surface area contributed by atoms with Gasteiger partial charge in [0.1, 0.15) is 5.82 Å². The van der Waals surface area contributed by atoms with Crippen molar-refractivity contribution < 1.29 is 9.50 Å². The Hall–Kier alpha value is 0.0600. The summed E-state index contributed by atoms with van der Waals surface area (Å²) in [7, 11) is 0. The first-order chi connectivity index (χ1) is 8.49. The van der Waals surface area contributed by atoms with E-state index in [1.807, 2.05) is 6.07 Å². The lowest BCUT2D eigenvalue weighted by atomic mass is 10.1. The molecule has 1 N–H and O–H groups in total. The number of thiophene rings is 1. The summed E-state index contributed by atoms with van der Waals surface area (Å²) in [6, 6.07) is 6.44. The van der Waals surface area contributed by atoms with Gasteiger partial charge in [-0.3, -0.25) is 0 Å². The number of rotatable bonds is 3. The van der Waals surface area contributed by atoms with Gasteiger partial charge in [-0.15, -0.1) is 11.3 Å². The molecule has 0 spiro atoms. The average Bonchev–Trinajstić information content (AvgIpc) is 2.66. The lowest BCUT2D eigenvalue weighted by molar-refractivity contribution is 0.182. The maximum atomic E-state index is 13.3. The summed E-state index contributed by atoms with van der Waals surface area (Å²) in [4.78, 5) is 0.800. The van der Waals surface area contributed by atoms with Crippen LogP contribution in [0.3, 0.4) is 0 Å². The molecule has 0 saturated carbocycles. The summed E-state index contributed by atoms with van der Waals surface area (Å²) in [6.07, 6.45) is -0.410. The van der Waals surface area contributed by atoms with E-state index in [4.69, 9.17) is 11.6 Å². The fraction of sp³-hybridized carbons (Fsp3) is 0.167. The van der Waals surface area contributed by atoms with Crippen molar-refractivity contribution in [1.82, 2.24) is 0 Å². The number of hydrogen-bond acceptors (Lipinski definition) is 2. The smallest absolute Gasteiger partial charge is 0.142 e. The van der Waals surface area contributed by atoms with Crippen molar-refractivity contribution in [3.63, 3.8) is 0 Å². The van der Waals surface area contributed by atoms with E-state index in [2.05, 4.69) is 31.9 Å². The Morgan fingerprint density at radius 2 is 2.11 bits per heavy atom. The highest BCUT2D eigenvalue weighted by Gasteiger charge is 2.16. The minimum absolute atomic E-state index is 0.0752. The minimum atomic E-state index is -0.697. The predicted octanol–water partition coefficient (Wildman–Crippen LogP) is 5.34. The zero-order chi connectivity index (χ0) is 13.3. The predicted molar refractivity (Wildman–Crippen MR) is 79.8 cm³/mol. The van der Waals surface area contributed by atoms with Crippen LogP contribution in [0.15, 0.2) is 32.5 Å². The first-order valence-corrected chi connectivity index (χ1v) is 7.82. The molecule has 0 amide bonds. The first kappa shape index (κ1) is 14.5. The third-order valence-corrected chi connectivity index (χ3v) is 6.22. The van der Waals surface area contributed by atoms with Crippen LogP contribution < -0.4 is 0 Å². The molecule has 1 unspecified atom stereocenters. The van der Waals surface area contributed by atoms with Gasteiger partial charge in [0.05, 0.1) is 14.9 Å². The highest BCUT2D eigenvalue weighted by atomic mass is 79.9. The van der Waals surface area contributed by atoms with E-state index in [1.54, 1.807) is 12.1 Å². The second-order valence-corrected chi connectivity index (χ2v) is 7.34. The molecule has 2 aromatic rings. The van der Waals surface area contributed by atoms with Gasteiger partial charge in [0.2, 0.25) is 0 Å². The summed E-state index contributed by atoms with van der Waals surface area (Å²) in [5.41, 5.74) is 0.602. The van der Waals surface area contributed by atoms with E-state index >= 15 is 0 Å². The van der Waals surface area contributed by atoms with E-state index in [0.717, 1.165) is 13.1 Å². The van der Waals surface area contributed by atoms with Crippen molar-refractivity contribution in [1.29, 1.82) is 0 Å². The van der Waals surface area contributed by atoms with Gasteiger partial charge in [-0.05, 0) is 49.6 Å². The highest BCUT2D eigenvalue weighted by Crippen LogP contribution is 2.37. The summed E-state index contributed by atoms with van der Waals surface area (Å²) in [5, 5.41) is 10.2. The fourth-order valence-corrected chi connectivity index (χ4v) is 3.82. The van der Waals surface area contributed by atoms with E-state index in [9.17, 15) is 9.50 Å². The molecule has 0 radical (unpaired) electrons. The van der Waals surface area contributed by atoms with E-state index in [0.29, 0.717) is 5.56 Å². The zero-order valence-corrected chi connectivity index (χ0v) is 13.7. The Bertz CT molecular complexity index is 554. The Balaban J connectivity index is 2.21. The molecule has 6 heteroatoms. The molecular formula is C12H8Br2ClFOS. The van der Waals surface area contributed by atoms with Crippen LogP contribution in [0.25, 0.3) is 0 Å². The third kappa shape index (κ3) is 3.14. The number of benzene rings is 1. The molecule has 0 aliphatic carbocycles. The molecule has 1 aromatic carbocycles. The second kappa shape index (κ2) is 6.01. The maximum absolute atomic E-state index is 13.3. The van der Waals surface area contributed by atoms with Crippen molar-refractivity contribution in [3.8, 4) is 0 Å². The summed E-state index contributed by atoms with van der Waals surface area (Å²) in [5.74, 6) is -0.463. The molecule has 1 nitrogen and oxygen atoms in total. The van der Waals surface area contributed by atoms with Crippen LogP contribution in [-0.2, 0) is 6.42 Å². The van der Waals surface area contributed by atoms with Crippen molar-refractivity contribution in [2.75, 3.05) is 0 Å². The lowest BCUT2D eigenvalue weighted by Gasteiger charge is -2.10. The first-order valence-electron chi connectivity index (χ1n) is 5.04. The van der Waals surface area contributed by atoms with Gasteiger partial charge in [0, 0.05) is 15.8 Å². The van der Waals surface area contributed by atoms with Gasteiger partial charge >= 0.3 is 0 Å². The van der Waals surface area contributed by atoms with Gasteiger partial charge < -0.3 is 5.11 Å². The van der Waals surface area contributed by atoms with Crippen molar-refractivity contribution >= 4 is 54.8 Å². The lowest BCUT2D eigenvalue weighted by Crippen LogP contribution is -2.00. The van der Waals surface area contributed by atoms with Crippen molar-refractivity contribution in [2.24, 2.45) is 0 Å². The van der Waals surface area contributed by atoms with Gasteiger partial charge in [0.25, 0.3) is 0 Å². The Labute approximate surface area is 130 Å². The van der Waals surface area contributed by atoms with Crippen molar-refractivity contribution in [2.45, 2.75) is 12.5 Å². The van der Waals surface area contributed by atoms with Crippen LogP contribution in [0.2, 0.25) is 5.02 Å². The largest absolute Gasteiger partial charge is 0.387 e. The molecule has 0 bridgehead atoms. The minimum Gasteiger partial charge on any atom is -0.387 e. The third-order valence-electron chi connectivity index (χ3n) is 2.44. The molecule has 0 saturated heterocycles. The van der Waals surface area contributed by atoms with Crippen LogP contribution in [0.1, 0.15) is 16.5 Å². The molecule has 18 heavy (non-hydrogen) atoms. The Kier molecular flexibility index (Phi) is 4.83. The summed E-state index contributed by atoms with van der Waals surface area (Å²) in [6.45, 7) is 0. The number of aliphatic hydroxyl groups is 1. The molecule has 96 valence electrons. The standard InChI is InChI=1S/C12H8Br2ClFOS/c13-7-5-10(18-12(7)14)9(17)4-6-2-1-3-8(16)11(6)15/h1-3,5,9,17H,4H2. The Morgan fingerprint density at radius 1 is 1.39 bits per heavy atom. The highest BCUT2D eigenvalue weighted by molar-refractivity contribution is 9.13. The summed E-state index contributed by atoms with van der Waals surface area (Å²) >= 11 is 14.0. The molecule has 1 atom stereocenters. The molecule has 0 aliphatic rings. The van der Waals surface area contributed by atoms with Crippen molar-refractivity contribution in [3.05, 3.63) is 53.8 Å². The average molecular weight is 415 g/mol. The molecule has 1 heterocycles. The number of halogens is 4. The summed E-state index contributed by atoms with van der Waals surface area (Å²) < 4.78 is 15.1. The van der Waals surface area contributed by atoms with Gasteiger partial charge in [-0.2, -0.15) is 0 Å². The van der Waals surface area contributed by atoms with Crippen LogP contribution in [-0.4, -0.2) is 5.11 Å². The second-order valence-electron chi connectivity index (χ2n) is 3.70.